The van der Waals surface area contributed by atoms with E-state index in [1.165, 1.54) is 0 Å². The molecule has 1 fully saturated rings. The summed E-state index contributed by atoms with van der Waals surface area (Å²) >= 11 is 0. The summed E-state index contributed by atoms with van der Waals surface area (Å²) in [5, 5.41) is 12.0. The Morgan fingerprint density at radius 3 is 2.47 bits per heavy atom. The number of nitrogens with one attached hydrogen (secondary N) is 1. The van der Waals surface area contributed by atoms with Gasteiger partial charge in [-0.15, -0.1) is 0 Å². The van der Waals surface area contributed by atoms with E-state index < -0.39 is 5.97 Å². The van der Waals surface area contributed by atoms with Crippen molar-refractivity contribution in [3.8, 4) is 0 Å². The minimum atomic E-state index is -0.783. The van der Waals surface area contributed by atoms with Crippen LogP contribution in [0.15, 0.2) is 0 Å². The summed E-state index contributed by atoms with van der Waals surface area (Å²) in [6.45, 7) is 4.55. The number of carbonyl (C=O) groups is 2. The van der Waals surface area contributed by atoms with Gasteiger partial charge in [0.05, 0.1) is 18.6 Å². The Bertz CT molecular complexity index is 317. The minimum Gasteiger partial charge on any atom is -0.481 e. The first-order chi connectivity index (χ1) is 8.95. The second-order valence-electron chi connectivity index (χ2n) is 5.71. The van der Waals surface area contributed by atoms with Crippen LogP contribution >= 0.6 is 0 Å². The molecule has 19 heavy (non-hydrogen) atoms. The highest BCUT2D eigenvalue weighted by molar-refractivity contribution is 5.80. The largest absolute Gasteiger partial charge is 0.481 e. The van der Waals surface area contributed by atoms with Crippen molar-refractivity contribution < 1.29 is 19.4 Å². The number of methoxy groups -OCH3 is 1. The van der Waals surface area contributed by atoms with Gasteiger partial charge in [-0.2, -0.15) is 0 Å². The van der Waals surface area contributed by atoms with Crippen LogP contribution in [0.3, 0.4) is 0 Å². The van der Waals surface area contributed by atoms with Crippen molar-refractivity contribution in [3.63, 3.8) is 0 Å². The summed E-state index contributed by atoms with van der Waals surface area (Å²) in [7, 11) is 1.61. The highest BCUT2D eigenvalue weighted by Crippen LogP contribution is 2.29. The lowest BCUT2D eigenvalue weighted by Gasteiger charge is -2.29. The zero-order valence-corrected chi connectivity index (χ0v) is 12.0. The predicted octanol–water partition coefficient (Wildman–Crippen LogP) is 1.66. The van der Waals surface area contributed by atoms with Crippen LogP contribution in [0.5, 0.6) is 0 Å². The standard InChI is InChI=1S/C14H25NO4/c1-9(2)12(8-19-3)15-13(16)10-5-4-6-11(7-10)14(17)18/h9-12H,4-8H2,1-3H3,(H,15,16)(H,17,18). The molecule has 0 aromatic rings. The molecule has 2 N–H and O–H groups in total. The average molecular weight is 271 g/mol. The van der Waals surface area contributed by atoms with Crippen molar-refractivity contribution >= 4 is 11.9 Å². The summed E-state index contributed by atoms with van der Waals surface area (Å²) in [6, 6.07) is -0.0114. The van der Waals surface area contributed by atoms with Crippen LogP contribution in [0.25, 0.3) is 0 Å². The van der Waals surface area contributed by atoms with Gasteiger partial charge in [-0.3, -0.25) is 9.59 Å². The summed E-state index contributed by atoms with van der Waals surface area (Å²) in [5.41, 5.74) is 0. The Labute approximate surface area is 114 Å². The third kappa shape index (κ3) is 4.82. The lowest BCUT2D eigenvalue weighted by Crippen LogP contribution is -2.45. The van der Waals surface area contributed by atoms with Crippen molar-refractivity contribution in [1.82, 2.24) is 5.32 Å². The van der Waals surface area contributed by atoms with Gasteiger partial charge < -0.3 is 15.2 Å². The molecule has 0 saturated heterocycles. The van der Waals surface area contributed by atoms with Crippen LogP contribution in [0, 0.1) is 17.8 Å². The van der Waals surface area contributed by atoms with E-state index in [1.807, 2.05) is 13.8 Å². The monoisotopic (exact) mass is 271 g/mol. The maximum absolute atomic E-state index is 12.2. The first-order valence-electron chi connectivity index (χ1n) is 6.97. The Kier molecular flexibility index (Phi) is 6.28. The molecule has 3 atom stereocenters. The lowest BCUT2D eigenvalue weighted by atomic mass is 9.81. The second kappa shape index (κ2) is 7.48. The van der Waals surface area contributed by atoms with Crippen molar-refractivity contribution in [1.29, 1.82) is 0 Å². The van der Waals surface area contributed by atoms with Crippen molar-refractivity contribution in [2.24, 2.45) is 17.8 Å². The fourth-order valence-corrected chi connectivity index (χ4v) is 2.53. The van der Waals surface area contributed by atoms with E-state index in [0.717, 1.165) is 12.8 Å². The van der Waals surface area contributed by atoms with Crippen LogP contribution < -0.4 is 5.32 Å². The van der Waals surface area contributed by atoms with Crippen LogP contribution in [0.2, 0.25) is 0 Å². The summed E-state index contributed by atoms with van der Waals surface area (Å²) < 4.78 is 5.10. The Morgan fingerprint density at radius 1 is 1.32 bits per heavy atom. The number of amides is 1. The summed E-state index contributed by atoms with van der Waals surface area (Å²) in [4.78, 5) is 23.2. The SMILES string of the molecule is COCC(NC(=O)C1CCCC(C(=O)O)C1)C(C)C. The van der Waals surface area contributed by atoms with Gasteiger partial charge in [0.25, 0.3) is 0 Å². The first-order valence-corrected chi connectivity index (χ1v) is 6.97. The Morgan fingerprint density at radius 2 is 1.95 bits per heavy atom. The molecule has 1 aliphatic rings. The Balaban J connectivity index is 2.54. The van der Waals surface area contributed by atoms with Crippen molar-refractivity contribution in [2.45, 2.75) is 45.6 Å². The molecule has 0 aliphatic heterocycles. The molecule has 0 bridgehead atoms. The molecule has 1 saturated carbocycles. The number of carboxylic acids is 1. The highest BCUT2D eigenvalue weighted by Gasteiger charge is 2.32. The van der Waals surface area contributed by atoms with E-state index in [-0.39, 0.29) is 23.8 Å². The average Bonchev–Trinajstić information content (AvgIpc) is 2.38. The van der Waals surface area contributed by atoms with E-state index in [2.05, 4.69) is 5.32 Å². The van der Waals surface area contributed by atoms with E-state index in [9.17, 15) is 9.59 Å². The third-order valence-electron chi connectivity index (χ3n) is 3.87. The topological polar surface area (TPSA) is 75.6 Å². The van der Waals surface area contributed by atoms with Crippen molar-refractivity contribution in [3.05, 3.63) is 0 Å². The maximum atomic E-state index is 12.2. The normalized spacial score (nSPS) is 25.1. The van der Waals surface area contributed by atoms with Gasteiger partial charge in [0.1, 0.15) is 0 Å². The number of carboxylic acid groups (broad SMARTS) is 1. The number of hydrogen-bond acceptors (Lipinski definition) is 3. The van der Waals surface area contributed by atoms with E-state index >= 15 is 0 Å². The molecule has 0 aromatic heterocycles. The number of carbonyl (C=O) groups excluding carboxylic acids is 1. The fourth-order valence-electron chi connectivity index (χ4n) is 2.53. The van der Waals surface area contributed by atoms with E-state index in [4.69, 9.17) is 9.84 Å². The molecule has 5 nitrogen and oxygen atoms in total. The molecule has 1 amide bonds. The van der Waals surface area contributed by atoms with Gasteiger partial charge in [0.2, 0.25) is 5.91 Å². The van der Waals surface area contributed by atoms with Crippen molar-refractivity contribution in [2.75, 3.05) is 13.7 Å². The molecule has 110 valence electrons. The fraction of sp³-hybridized carbons (Fsp3) is 0.857. The van der Waals surface area contributed by atoms with Gasteiger partial charge in [0.15, 0.2) is 0 Å². The molecule has 1 rings (SSSR count). The molecule has 0 radical (unpaired) electrons. The van der Waals surface area contributed by atoms with Gasteiger partial charge in [-0.1, -0.05) is 20.3 Å². The zero-order chi connectivity index (χ0) is 14.4. The number of hydrogen-bond donors (Lipinski definition) is 2. The number of aliphatic carboxylic acids is 1. The molecular formula is C14H25NO4. The zero-order valence-electron chi connectivity index (χ0n) is 12.0. The molecule has 5 heteroatoms. The van der Waals surface area contributed by atoms with E-state index in [1.54, 1.807) is 7.11 Å². The number of rotatable bonds is 6. The summed E-state index contributed by atoms with van der Waals surface area (Å²) in [6.07, 6.45) is 2.74. The molecule has 0 aromatic carbocycles. The molecular weight excluding hydrogens is 246 g/mol. The third-order valence-corrected chi connectivity index (χ3v) is 3.87. The molecule has 0 spiro atoms. The van der Waals surface area contributed by atoms with Crippen LogP contribution in [0.1, 0.15) is 39.5 Å². The van der Waals surface area contributed by atoms with Crippen LogP contribution in [-0.2, 0) is 14.3 Å². The van der Waals surface area contributed by atoms with Gasteiger partial charge in [-0.25, -0.2) is 0 Å². The molecule has 0 heterocycles. The Hall–Kier alpha value is -1.10. The molecule has 1 aliphatic carbocycles. The van der Waals surface area contributed by atoms with E-state index in [0.29, 0.717) is 25.4 Å². The highest BCUT2D eigenvalue weighted by atomic mass is 16.5. The van der Waals surface area contributed by atoms with Gasteiger partial charge in [-0.05, 0) is 25.2 Å². The smallest absolute Gasteiger partial charge is 0.306 e. The number of ether oxygens (including phenoxy) is 1. The summed E-state index contributed by atoms with van der Waals surface area (Å²) in [5.74, 6) is -1.06. The quantitative estimate of drug-likeness (QED) is 0.770. The van der Waals surface area contributed by atoms with Crippen LogP contribution in [-0.4, -0.2) is 36.7 Å². The lowest BCUT2D eigenvalue weighted by molar-refractivity contribution is -0.144. The maximum Gasteiger partial charge on any atom is 0.306 e. The second-order valence-corrected chi connectivity index (χ2v) is 5.71. The minimum absolute atomic E-state index is 0.0114. The van der Waals surface area contributed by atoms with Gasteiger partial charge >= 0.3 is 5.97 Å². The van der Waals surface area contributed by atoms with Gasteiger partial charge in [0, 0.05) is 13.0 Å². The first kappa shape index (κ1) is 16.0. The predicted molar refractivity (Wildman–Crippen MR) is 71.7 cm³/mol. The molecule has 3 unspecified atom stereocenters. The van der Waals surface area contributed by atoms with Crippen LogP contribution in [0.4, 0.5) is 0 Å².